The summed E-state index contributed by atoms with van der Waals surface area (Å²) in [6, 6.07) is 15.8. The second-order valence-corrected chi connectivity index (χ2v) is 22.3. The van der Waals surface area contributed by atoms with Crippen molar-refractivity contribution in [1.29, 1.82) is 0 Å². The molecule has 3 aromatic rings. The molecule has 0 saturated heterocycles. The molecule has 0 spiro atoms. The van der Waals surface area contributed by atoms with E-state index in [0.717, 1.165) is 16.7 Å². The molecule has 2 aliphatic heterocycles. The van der Waals surface area contributed by atoms with E-state index < -0.39 is 68.8 Å². The summed E-state index contributed by atoms with van der Waals surface area (Å²) < 4.78 is 135. The predicted molar refractivity (Wildman–Crippen MR) is 235 cm³/mol. The van der Waals surface area contributed by atoms with Crippen LogP contribution in [0.3, 0.4) is 0 Å². The lowest BCUT2D eigenvalue weighted by Crippen LogP contribution is -2.28. The summed E-state index contributed by atoms with van der Waals surface area (Å²) >= 11 is 0. The van der Waals surface area contributed by atoms with Crippen LogP contribution in [0.2, 0.25) is 0 Å². The second kappa shape index (κ2) is 18.3. The van der Waals surface area contributed by atoms with E-state index in [1.807, 2.05) is 85.7 Å². The first-order valence-electron chi connectivity index (χ1n) is 19.6. The van der Waals surface area contributed by atoms with E-state index in [9.17, 15) is 61.8 Å². The average Bonchev–Trinajstić information content (AvgIpc) is 3.50. The Morgan fingerprint density at radius 1 is 0.710 bits per heavy atom. The number of allylic oxidation sites excluding steroid dienone is 6. The number of rotatable bonds is 19. The quantitative estimate of drug-likeness (QED) is 0.0386. The molecule has 20 heteroatoms. The number of benzene rings is 3. The van der Waals surface area contributed by atoms with Crippen molar-refractivity contribution in [1.82, 2.24) is 0 Å². The van der Waals surface area contributed by atoms with E-state index in [1.165, 1.54) is 24.3 Å². The monoisotopic (exact) mass is 935 g/mol. The lowest BCUT2D eigenvalue weighted by Gasteiger charge is -2.27. The van der Waals surface area contributed by atoms with E-state index in [1.54, 1.807) is 12.1 Å². The third kappa shape index (κ3) is 11.7. The van der Waals surface area contributed by atoms with Crippen molar-refractivity contribution in [2.75, 3.05) is 29.5 Å². The fourth-order valence-electron chi connectivity index (χ4n) is 7.95. The van der Waals surface area contributed by atoms with E-state index in [4.69, 9.17) is 0 Å². The summed E-state index contributed by atoms with van der Waals surface area (Å²) in [4.78, 5) is 12.5. The van der Waals surface area contributed by atoms with Gasteiger partial charge in [-0.25, -0.2) is 0 Å². The van der Waals surface area contributed by atoms with Gasteiger partial charge in [0.05, 0.1) is 21.8 Å². The number of anilines is 1. The Morgan fingerprint density at radius 2 is 1.27 bits per heavy atom. The van der Waals surface area contributed by atoms with Crippen LogP contribution >= 0.6 is 0 Å². The molecule has 0 bridgehead atoms. The molecule has 0 unspecified atom stereocenters. The molecule has 0 aromatic heterocycles. The Labute approximate surface area is 363 Å². The average molecular weight is 936 g/mol. The number of hydrogen-bond donors (Lipinski definition) is 5. The minimum atomic E-state index is -4.59. The van der Waals surface area contributed by atoms with Crippen molar-refractivity contribution < 1.29 is 66.4 Å². The lowest BCUT2D eigenvalue weighted by atomic mass is 9.81. The molecule has 0 amide bonds. The zero-order valence-corrected chi connectivity index (χ0v) is 37.9. The van der Waals surface area contributed by atoms with Crippen molar-refractivity contribution in [2.24, 2.45) is 0 Å². The minimum Gasteiger partial charge on any atom is -0.481 e. The van der Waals surface area contributed by atoms with Gasteiger partial charge >= 0.3 is 5.97 Å². The highest BCUT2D eigenvalue weighted by atomic mass is 32.2. The van der Waals surface area contributed by atoms with Gasteiger partial charge < -0.3 is 10.0 Å². The Hall–Kier alpha value is -4.54. The largest absolute Gasteiger partial charge is 0.481 e. The van der Waals surface area contributed by atoms with Crippen LogP contribution in [-0.4, -0.2) is 97.8 Å². The molecule has 5 N–H and O–H groups in total. The number of fused-ring (bicyclic) bond motifs is 2. The Bertz CT molecular complexity index is 2820. The fourth-order valence-corrected chi connectivity index (χ4v) is 10.1. The number of carbonyl (C=O) groups is 1. The van der Waals surface area contributed by atoms with Gasteiger partial charge in [0.15, 0.2) is 5.71 Å². The maximum atomic E-state index is 12.2. The molecule has 0 fully saturated rings. The van der Waals surface area contributed by atoms with E-state index in [-0.39, 0.29) is 55.0 Å². The minimum absolute atomic E-state index is 0.0730. The number of aryl methyl sites for hydroxylation is 1. The zero-order chi connectivity index (χ0) is 46.1. The molecule has 0 aliphatic carbocycles. The van der Waals surface area contributed by atoms with Crippen molar-refractivity contribution in [3.8, 4) is 0 Å². The molecule has 0 atom stereocenters. The van der Waals surface area contributed by atoms with Crippen molar-refractivity contribution in [2.45, 2.75) is 86.8 Å². The van der Waals surface area contributed by atoms with Crippen molar-refractivity contribution >= 4 is 69.1 Å². The molecule has 336 valence electrons. The first kappa shape index (κ1) is 48.5. The molecular weight excluding hydrogens is 885 g/mol. The molecule has 62 heavy (non-hydrogen) atoms. The first-order valence-corrected chi connectivity index (χ1v) is 25.7. The number of nitrogens with zero attached hydrogens (tertiary/aromatic N) is 2. The first-order chi connectivity index (χ1) is 28.6. The molecule has 5 rings (SSSR count). The second-order valence-electron chi connectivity index (χ2n) is 16.3. The molecular formula is C42H51N2O14S4+. The van der Waals surface area contributed by atoms with Gasteiger partial charge in [0.1, 0.15) is 11.4 Å². The maximum Gasteiger partial charge on any atom is 0.303 e. The van der Waals surface area contributed by atoms with Gasteiger partial charge in [-0.15, -0.1) is 0 Å². The van der Waals surface area contributed by atoms with Crippen LogP contribution in [0.25, 0.3) is 5.57 Å². The van der Waals surface area contributed by atoms with Crippen LogP contribution in [0.4, 0.5) is 11.4 Å². The third-order valence-corrected chi connectivity index (χ3v) is 14.5. The summed E-state index contributed by atoms with van der Waals surface area (Å²) in [5.41, 5.74) is 4.42. The van der Waals surface area contributed by atoms with E-state index in [0.29, 0.717) is 40.3 Å². The lowest BCUT2D eigenvalue weighted by molar-refractivity contribution is -0.438. The van der Waals surface area contributed by atoms with Crippen LogP contribution in [0.1, 0.15) is 82.1 Å². The summed E-state index contributed by atoms with van der Waals surface area (Å²) in [5, 5.41) is 9.24. The van der Waals surface area contributed by atoms with Gasteiger partial charge in [-0.1, -0.05) is 50.3 Å². The molecule has 3 aromatic carbocycles. The number of aliphatic carboxylic acids is 1. The van der Waals surface area contributed by atoms with Crippen molar-refractivity contribution in [3.63, 3.8) is 0 Å². The zero-order valence-electron chi connectivity index (χ0n) is 34.6. The summed E-state index contributed by atoms with van der Waals surface area (Å²) in [6.07, 6.45) is 8.35. The van der Waals surface area contributed by atoms with Crippen LogP contribution in [0.15, 0.2) is 100 Å². The number of unbranched alkanes of at least 4 members (excludes halogenated alkanes) is 2. The highest BCUT2D eigenvalue weighted by molar-refractivity contribution is 7.86. The Balaban J connectivity index is 1.68. The third-order valence-electron chi connectivity index (χ3n) is 11.1. The van der Waals surface area contributed by atoms with Gasteiger partial charge in [0, 0.05) is 53.9 Å². The van der Waals surface area contributed by atoms with Crippen LogP contribution in [0, 0.1) is 0 Å². The van der Waals surface area contributed by atoms with Gasteiger partial charge in [0.2, 0.25) is 5.69 Å². The summed E-state index contributed by atoms with van der Waals surface area (Å²) in [7, 11) is -17.7. The van der Waals surface area contributed by atoms with Gasteiger partial charge in [0.25, 0.3) is 40.5 Å². The van der Waals surface area contributed by atoms with Gasteiger partial charge in [-0.3, -0.25) is 23.0 Å². The smallest absolute Gasteiger partial charge is 0.303 e. The fraction of sp³-hybridized carbons (Fsp3) is 0.381. The van der Waals surface area contributed by atoms with Crippen LogP contribution in [0.5, 0.6) is 0 Å². The van der Waals surface area contributed by atoms with E-state index >= 15 is 0 Å². The Morgan fingerprint density at radius 3 is 1.84 bits per heavy atom. The topological polar surface area (TPSA) is 261 Å². The van der Waals surface area contributed by atoms with Gasteiger partial charge in [-0.05, 0) is 98.2 Å². The molecule has 2 heterocycles. The van der Waals surface area contributed by atoms with Gasteiger partial charge in [-0.2, -0.15) is 38.2 Å². The standard InChI is InChI=1S/C42H50N2O14S4/c1-41(2)34-18-16-32(61(53,54)55)27-36(34)43(23-5-7-25-59(47,48)49)38(41)20-14-31(30-12-9-29(10-13-30)11-22-40(45)46)15-21-39-42(3,4)35-19-17-33(62(56,57)58)28-37(35)44(39)24-6-8-26-60(50,51)52/h9-10,12-21,27-28H,5-8,11,22-26H2,1-4H3,(H4-,45,46,47,48,49,50,51,52,53,54,55,56,57,58)/p+1. The molecule has 2 aliphatic rings. The number of carboxylic acids is 1. The van der Waals surface area contributed by atoms with Crippen LogP contribution < -0.4 is 4.90 Å². The molecule has 0 radical (unpaired) electrons. The van der Waals surface area contributed by atoms with Crippen LogP contribution in [-0.2, 0) is 62.5 Å². The number of carboxylic acid groups (broad SMARTS) is 1. The normalized spacial score (nSPS) is 17.3. The van der Waals surface area contributed by atoms with E-state index in [2.05, 4.69) is 0 Å². The number of hydrogen-bond acceptors (Lipinski definition) is 10. The maximum absolute atomic E-state index is 12.2. The summed E-state index contributed by atoms with van der Waals surface area (Å²) in [5.74, 6) is -1.91. The molecule has 0 saturated carbocycles. The van der Waals surface area contributed by atoms with Crippen molar-refractivity contribution in [3.05, 3.63) is 113 Å². The SMILES string of the molecule is CC1(C)C(/C=C/C(=C/C=C2\N(CCCCS(=O)(=O)O)c3cc(S(=O)(=O)O)ccc3C2(C)C)c2ccc(CCC(=O)O)cc2)=[N+](CCCCS(=O)(=O)O)c2cc(S(=O)(=O)O)ccc21. The predicted octanol–water partition coefficient (Wildman–Crippen LogP) is 6.23. The molecule has 16 nitrogen and oxygen atoms in total. The highest BCUT2D eigenvalue weighted by Crippen LogP contribution is 2.49. The summed E-state index contributed by atoms with van der Waals surface area (Å²) in [6.45, 7) is 8.15. The Kier molecular flexibility index (Phi) is 14.3. The highest BCUT2D eigenvalue weighted by Gasteiger charge is 2.45.